The van der Waals surface area contributed by atoms with Crippen LogP contribution in [-0.4, -0.2) is 38.4 Å². The predicted molar refractivity (Wildman–Crippen MR) is 142 cm³/mol. The van der Waals surface area contributed by atoms with Crippen molar-refractivity contribution in [1.82, 2.24) is 20.1 Å². The molecule has 8 nitrogen and oxygen atoms in total. The van der Waals surface area contributed by atoms with E-state index in [4.69, 9.17) is 4.74 Å². The number of benzene rings is 2. The van der Waals surface area contributed by atoms with Crippen molar-refractivity contribution in [2.45, 2.75) is 58.5 Å². The number of nitrogens with zero attached hydrogens (tertiary/aromatic N) is 3. The minimum atomic E-state index is -0.653. The first kappa shape index (κ1) is 26.7. The van der Waals surface area contributed by atoms with Gasteiger partial charge in [-0.15, -0.1) is 10.2 Å². The Kier molecular flexibility index (Phi) is 9.73. The number of aromatic nitrogens is 3. The molecule has 0 saturated heterocycles. The number of thioether (sulfide) groups is 1. The Morgan fingerprint density at radius 3 is 2.54 bits per heavy atom. The number of carbonyl (C=O) groups excluding carboxylic acids is 2. The van der Waals surface area contributed by atoms with Crippen molar-refractivity contribution in [1.29, 1.82) is 0 Å². The first-order chi connectivity index (χ1) is 16.8. The Balaban J connectivity index is 1.51. The number of nitrogens with one attached hydrogen (secondary N) is 2. The molecule has 1 aromatic heterocycles. The van der Waals surface area contributed by atoms with Gasteiger partial charge in [0.25, 0.3) is 5.91 Å². The average Bonchev–Trinajstić information content (AvgIpc) is 3.25. The third-order valence-corrected chi connectivity index (χ3v) is 7.17. The lowest BCUT2D eigenvalue weighted by Crippen LogP contribution is -2.36. The Morgan fingerprint density at radius 2 is 1.89 bits per heavy atom. The van der Waals surface area contributed by atoms with Crippen LogP contribution in [0.5, 0.6) is 5.75 Å². The lowest BCUT2D eigenvalue weighted by Gasteiger charge is -2.15. The van der Waals surface area contributed by atoms with Crippen LogP contribution in [0.2, 0.25) is 0 Å². The van der Waals surface area contributed by atoms with Gasteiger partial charge in [0.1, 0.15) is 5.75 Å². The first-order valence-corrected chi connectivity index (χ1v) is 13.2. The minimum Gasteiger partial charge on any atom is -0.481 e. The summed E-state index contributed by atoms with van der Waals surface area (Å²) in [6.07, 6.45) is 0.296. The van der Waals surface area contributed by atoms with E-state index >= 15 is 0 Å². The summed E-state index contributed by atoms with van der Waals surface area (Å²) in [5.41, 5.74) is 3.00. The van der Waals surface area contributed by atoms with Crippen LogP contribution in [0.3, 0.4) is 0 Å². The maximum absolute atomic E-state index is 12.5. The molecule has 0 radical (unpaired) electrons. The molecule has 0 aliphatic carbocycles. The molecule has 35 heavy (non-hydrogen) atoms. The van der Waals surface area contributed by atoms with E-state index in [1.54, 1.807) is 6.92 Å². The van der Waals surface area contributed by atoms with Crippen molar-refractivity contribution in [2.75, 3.05) is 11.1 Å². The van der Waals surface area contributed by atoms with Gasteiger partial charge >= 0.3 is 0 Å². The van der Waals surface area contributed by atoms with Gasteiger partial charge in [0.15, 0.2) is 17.1 Å². The highest BCUT2D eigenvalue weighted by molar-refractivity contribution is 9.10. The number of rotatable bonds is 11. The van der Waals surface area contributed by atoms with E-state index in [0.29, 0.717) is 23.3 Å². The zero-order chi connectivity index (χ0) is 25.4. The molecule has 3 aromatic rings. The smallest absolute Gasteiger partial charge is 0.261 e. The number of anilines is 1. The molecule has 0 aliphatic heterocycles. The van der Waals surface area contributed by atoms with Crippen molar-refractivity contribution in [2.24, 2.45) is 0 Å². The third-order valence-electron chi connectivity index (χ3n) is 5.32. The van der Waals surface area contributed by atoms with Gasteiger partial charge in [0, 0.05) is 16.7 Å². The van der Waals surface area contributed by atoms with Crippen molar-refractivity contribution in [3.05, 3.63) is 63.9 Å². The van der Waals surface area contributed by atoms with Crippen LogP contribution in [0.15, 0.2) is 52.1 Å². The lowest BCUT2D eigenvalue weighted by atomic mass is 10.2. The summed E-state index contributed by atoms with van der Waals surface area (Å²) in [7, 11) is 0. The molecule has 3 rings (SSSR count). The van der Waals surface area contributed by atoms with Crippen LogP contribution < -0.4 is 15.4 Å². The highest BCUT2D eigenvalue weighted by Gasteiger charge is 2.18. The molecule has 0 aliphatic rings. The topological polar surface area (TPSA) is 98.1 Å². The molecule has 0 bridgehead atoms. The summed E-state index contributed by atoms with van der Waals surface area (Å²) < 4.78 is 8.63. The summed E-state index contributed by atoms with van der Waals surface area (Å²) >= 11 is 4.76. The number of amides is 2. The van der Waals surface area contributed by atoms with E-state index in [0.717, 1.165) is 22.1 Å². The average molecular weight is 561 g/mol. The Bertz CT molecular complexity index is 1170. The van der Waals surface area contributed by atoms with Crippen LogP contribution in [-0.2, 0) is 29.1 Å². The fourth-order valence-electron chi connectivity index (χ4n) is 3.30. The summed E-state index contributed by atoms with van der Waals surface area (Å²) in [6, 6.07) is 13.4. The molecule has 2 aromatic carbocycles. The van der Waals surface area contributed by atoms with Gasteiger partial charge in [-0.05, 0) is 68.7 Å². The molecule has 2 N–H and O–H groups in total. The summed E-state index contributed by atoms with van der Waals surface area (Å²) in [5, 5.41) is 14.8. The molecule has 10 heteroatoms. The van der Waals surface area contributed by atoms with Gasteiger partial charge in [-0.3, -0.25) is 9.59 Å². The van der Waals surface area contributed by atoms with Crippen molar-refractivity contribution < 1.29 is 14.3 Å². The normalized spacial score (nSPS) is 11.7. The zero-order valence-electron chi connectivity index (χ0n) is 20.3. The maximum atomic E-state index is 12.5. The van der Waals surface area contributed by atoms with Crippen LogP contribution in [0, 0.1) is 6.92 Å². The quantitative estimate of drug-likeness (QED) is 0.329. The maximum Gasteiger partial charge on any atom is 0.261 e. The second-order valence-corrected chi connectivity index (χ2v) is 9.72. The highest BCUT2D eigenvalue weighted by atomic mass is 79.9. The highest BCUT2D eigenvalue weighted by Crippen LogP contribution is 2.21. The van der Waals surface area contributed by atoms with Crippen LogP contribution in [0.25, 0.3) is 0 Å². The number of hydrogen-bond acceptors (Lipinski definition) is 6. The van der Waals surface area contributed by atoms with Gasteiger partial charge in [-0.2, -0.15) is 0 Å². The third kappa shape index (κ3) is 7.57. The number of hydrogen-bond donors (Lipinski definition) is 2. The minimum absolute atomic E-state index is 0.129. The predicted octanol–water partition coefficient (Wildman–Crippen LogP) is 4.75. The van der Waals surface area contributed by atoms with Crippen molar-refractivity contribution >= 4 is 45.2 Å². The van der Waals surface area contributed by atoms with Gasteiger partial charge in [0.2, 0.25) is 5.91 Å². The Hall–Kier alpha value is -2.85. The molecule has 1 atom stereocenters. The first-order valence-electron chi connectivity index (χ1n) is 11.4. The van der Waals surface area contributed by atoms with Gasteiger partial charge in [-0.25, -0.2) is 0 Å². The molecule has 2 amide bonds. The van der Waals surface area contributed by atoms with Gasteiger partial charge in [0.05, 0.1) is 12.3 Å². The van der Waals surface area contributed by atoms with Crippen molar-refractivity contribution in [3.8, 4) is 5.75 Å². The lowest BCUT2D eigenvalue weighted by molar-refractivity contribution is -0.127. The molecule has 0 spiro atoms. The number of halogens is 1. The van der Waals surface area contributed by atoms with E-state index in [-0.39, 0.29) is 24.1 Å². The fraction of sp³-hybridized carbons (Fsp3) is 0.360. The van der Waals surface area contributed by atoms with Crippen LogP contribution in [0.4, 0.5) is 5.69 Å². The Morgan fingerprint density at radius 1 is 1.14 bits per heavy atom. The van der Waals surface area contributed by atoms with Gasteiger partial charge in [-0.1, -0.05) is 46.7 Å². The van der Waals surface area contributed by atoms with E-state index in [2.05, 4.69) is 43.7 Å². The van der Waals surface area contributed by atoms with E-state index in [1.165, 1.54) is 17.3 Å². The largest absolute Gasteiger partial charge is 0.481 e. The standard InChI is InChI=1S/C25H30BrN5O3S/c1-5-18-7-10-20(11-8-18)34-17(4)24(33)27-14-22-29-30-25(31(22)6-2)35-15-23(32)28-19-9-12-21(26)16(3)13-19/h7-13,17H,5-6,14-15H2,1-4H3,(H,27,33)(H,28,32)/t17-/m0/s1. The number of ether oxygens (including phenoxy) is 1. The Labute approximate surface area is 218 Å². The summed E-state index contributed by atoms with van der Waals surface area (Å²) in [6.45, 7) is 8.56. The molecule has 0 saturated carbocycles. The van der Waals surface area contributed by atoms with Crippen LogP contribution in [0.1, 0.15) is 37.7 Å². The molecule has 0 unspecified atom stereocenters. The van der Waals surface area contributed by atoms with E-state index in [9.17, 15) is 9.59 Å². The monoisotopic (exact) mass is 559 g/mol. The van der Waals surface area contributed by atoms with E-state index < -0.39 is 6.10 Å². The second kappa shape index (κ2) is 12.7. The fourth-order valence-corrected chi connectivity index (χ4v) is 4.36. The summed E-state index contributed by atoms with van der Waals surface area (Å²) in [4.78, 5) is 24.9. The van der Waals surface area contributed by atoms with Crippen molar-refractivity contribution in [3.63, 3.8) is 0 Å². The zero-order valence-corrected chi connectivity index (χ0v) is 22.7. The molecular formula is C25H30BrN5O3S. The molecule has 0 fully saturated rings. The van der Waals surface area contributed by atoms with E-state index in [1.807, 2.05) is 60.9 Å². The number of aryl methyl sites for hydroxylation is 2. The van der Waals surface area contributed by atoms with Crippen LogP contribution >= 0.6 is 27.7 Å². The molecular weight excluding hydrogens is 530 g/mol. The molecule has 186 valence electrons. The summed E-state index contributed by atoms with van der Waals surface area (Å²) in [5.74, 6) is 1.09. The van der Waals surface area contributed by atoms with Gasteiger partial charge < -0.3 is 19.9 Å². The SMILES string of the molecule is CCc1ccc(O[C@@H](C)C(=O)NCc2nnc(SCC(=O)Nc3ccc(Br)c(C)c3)n2CC)cc1. The second-order valence-electron chi connectivity index (χ2n) is 7.92. The molecule has 1 heterocycles. The number of carbonyl (C=O) groups is 2.